The number of carbonyl (C=O) groups excluding carboxylic acids is 1. The van der Waals surface area contributed by atoms with E-state index in [2.05, 4.69) is 18.2 Å². The highest BCUT2D eigenvalue weighted by Crippen LogP contribution is 2.19. The van der Waals surface area contributed by atoms with Crippen molar-refractivity contribution in [3.8, 4) is 0 Å². The molecule has 0 spiro atoms. The normalized spacial score (nSPS) is 15.9. The summed E-state index contributed by atoms with van der Waals surface area (Å²) in [6, 6.07) is 8.36. The van der Waals surface area contributed by atoms with Gasteiger partial charge < -0.3 is 4.90 Å². The second-order valence-electron chi connectivity index (χ2n) is 4.22. The van der Waals surface area contributed by atoms with Crippen LogP contribution in [0.25, 0.3) is 0 Å². The summed E-state index contributed by atoms with van der Waals surface area (Å²) in [5.74, 6) is 0.164. The van der Waals surface area contributed by atoms with Crippen molar-refractivity contribution < 1.29 is 4.79 Å². The SMILES string of the molecule is C/C=C(\C)C(=O)N1CCc2ccccc2C1. The lowest BCUT2D eigenvalue weighted by atomic mass is 9.99. The van der Waals surface area contributed by atoms with Crippen LogP contribution in [0.4, 0.5) is 0 Å². The van der Waals surface area contributed by atoms with E-state index in [-0.39, 0.29) is 5.91 Å². The van der Waals surface area contributed by atoms with Crippen LogP contribution in [0.1, 0.15) is 25.0 Å². The minimum Gasteiger partial charge on any atom is -0.334 e. The molecule has 0 N–H and O–H groups in total. The fraction of sp³-hybridized carbons (Fsp3) is 0.357. The summed E-state index contributed by atoms with van der Waals surface area (Å²) in [7, 11) is 0. The maximum Gasteiger partial charge on any atom is 0.249 e. The van der Waals surface area contributed by atoms with Crippen LogP contribution in [0.3, 0.4) is 0 Å². The molecule has 1 aliphatic heterocycles. The van der Waals surface area contributed by atoms with Gasteiger partial charge in [0.1, 0.15) is 0 Å². The zero-order valence-electron chi connectivity index (χ0n) is 9.86. The first-order valence-electron chi connectivity index (χ1n) is 5.71. The van der Waals surface area contributed by atoms with Gasteiger partial charge in [0.15, 0.2) is 0 Å². The van der Waals surface area contributed by atoms with E-state index in [0.717, 1.165) is 25.1 Å². The molecule has 0 saturated heterocycles. The van der Waals surface area contributed by atoms with Crippen LogP contribution in [0, 0.1) is 0 Å². The lowest BCUT2D eigenvalue weighted by Gasteiger charge is -2.29. The molecular formula is C14H17NO. The fourth-order valence-corrected chi connectivity index (χ4v) is 2.04. The van der Waals surface area contributed by atoms with E-state index >= 15 is 0 Å². The van der Waals surface area contributed by atoms with E-state index in [1.807, 2.05) is 30.9 Å². The Morgan fingerprint density at radius 1 is 1.31 bits per heavy atom. The van der Waals surface area contributed by atoms with Crippen LogP contribution in [0.5, 0.6) is 0 Å². The molecule has 1 aromatic carbocycles. The Labute approximate surface area is 96.6 Å². The largest absolute Gasteiger partial charge is 0.334 e. The van der Waals surface area contributed by atoms with Crippen LogP contribution >= 0.6 is 0 Å². The minimum atomic E-state index is 0.164. The zero-order valence-corrected chi connectivity index (χ0v) is 9.86. The Balaban J connectivity index is 2.17. The third-order valence-corrected chi connectivity index (χ3v) is 3.19. The summed E-state index contributed by atoms with van der Waals surface area (Å²) >= 11 is 0. The van der Waals surface area contributed by atoms with E-state index < -0.39 is 0 Å². The number of allylic oxidation sites excluding steroid dienone is 1. The average Bonchev–Trinajstić information content (AvgIpc) is 2.36. The molecular weight excluding hydrogens is 198 g/mol. The van der Waals surface area contributed by atoms with E-state index in [1.54, 1.807) is 0 Å². The molecule has 16 heavy (non-hydrogen) atoms. The van der Waals surface area contributed by atoms with Crippen molar-refractivity contribution >= 4 is 5.91 Å². The maximum absolute atomic E-state index is 12.0. The predicted molar refractivity (Wildman–Crippen MR) is 65.0 cm³/mol. The van der Waals surface area contributed by atoms with Crippen molar-refractivity contribution in [1.29, 1.82) is 0 Å². The molecule has 2 heteroatoms. The molecule has 1 heterocycles. The van der Waals surface area contributed by atoms with Gasteiger partial charge in [-0.15, -0.1) is 0 Å². The van der Waals surface area contributed by atoms with Crippen molar-refractivity contribution in [2.45, 2.75) is 26.8 Å². The molecule has 1 amide bonds. The Kier molecular flexibility index (Phi) is 3.09. The molecule has 1 aromatic rings. The first kappa shape index (κ1) is 10.9. The minimum absolute atomic E-state index is 0.164. The number of amides is 1. The monoisotopic (exact) mass is 215 g/mol. The molecule has 0 bridgehead atoms. The summed E-state index contributed by atoms with van der Waals surface area (Å²) in [4.78, 5) is 13.9. The van der Waals surface area contributed by atoms with Crippen molar-refractivity contribution in [2.24, 2.45) is 0 Å². The van der Waals surface area contributed by atoms with Gasteiger partial charge in [0.2, 0.25) is 5.91 Å². The number of fused-ring (bicyclic) bond motifs is 1. The van der Waals surface area contributed by atoms with Crippen LogP contribution in [-0.2, 0) is 17.8 Å². The van der Waals surface area contributed by atoms with E-state index in [1.165, 1.54) is 11.1 Å². The van der Waals surface area contributed by atoms with Gasteiger partial charge in [0, 0.05) is 18.7 Å². The fourth-order valence-electron chi connectivity index (χ4n) is 2.04. The van der Waals surface area contributed by atoms with Gasteiger partial charge in [-0.3, -0.25) is 4.79 Å². The second kappa shape index (κ2) is 4.52. The molecule has 0 unspecified atom stereocenters. The lowest BCUT2D eigenvalue weighted by molar-refractivity contribution is -0.128. The first-order chi connectivity index (χ1) is 7.72. The summed E-state index contributed by atoms with van der Waals surface area (Å²) < 4.78 is 0. The summed E-state index contributed by atoms with van der Waals surface area (Å²) in [5, 5.41) is 0. The molecule has 2 nitrogen and oxygen atoms in total. The third-order valence-electron chi connectivity index (χ3n) is 3.19. The van der Waals surface area contributed by atoms with Gasteiger partial charge in [-0.05, 0) is 31.4 Å². The number of carbonyl (C=O) groups is 1. The summed E-state index contributed by atoms with van der Waals surface area (Å²) in [6.45, 7) is 5.37. The Morgan fingerprint density at radius 2 is 2.00 bits per heavy atom. The average molecular weight is 215 g/mol. The number of rotatable bonds is 1. The summed E-state index contributed by atoms with van der Waals surface area (Å²) in [5.41, 5.74) is 3.50. The van der Waals surface area contributed by atoms with Crippen molar-refractivity contribution in [3.63, 3.8) is 0 Å². The second-order valence-corrected chi connectivity index (χ2v) is 4.22. The van der Waals surface area contributed by atoms with Crippen LogP contribution in [0.15, 0.2) is 35.9 Å². The molecule has 2 rings (SSSR count). The lowest BCUT2D eigenvalue weighted by Crippen LogP contribution is -2.36. The molecule has 0 fully saturated rings. The van der Waals surface area contributed by atoms with E-state index in [9.17, 15) is 4.79 Å². The number of hydrogen-bond donors (Lipinski definition) is 0. The number of nitrogens with zero attached hydrogens (tertiary/aromatic N) is 1. The molecule has 0 aromatic heterocycles. The highest BCUT2D eigenvalue weighted by Gasteiger charge is 2.20. The van der Waals surface area contributed by atoms with Gasteiger partial charge in [0.05, 0.1) is 0 Å². The predicted octanol–water partition coefficient (Wildman–Crippen LogP) is 2.54. The topological polar surface area (TPSA) is 20.3 Å². The van der Waals surface area contributed by atoms with Crippen LogP contribution < -0.4 is 0 Å². The quantitative estimate of drug-likeness (QED) is 0.659. The molecule has 0 aliphatic carbocycles. The molecule has 84 valence electrons. The highest BCUT2D eigenvalue weighted by atomic mass is 16.2. The van der Waals surface area contributed by atoms with Crippen LogP contribution in [-0.4, -0.2) is 17.4 Å². The maximum atomic E-state index is 12.0. The highest BCUT2D eigenvalue weighted by molar-refractivity contribution is 5.92. The van der Waals surface area contributed by atoms with Crippen molar-refractivity contribution in [1.82, 2.24) is 4.90 Å². The third kappa shape index (κ3) is 2.01. The van der Waals surface area contributed by atoms with Gasteiger partial charge in [0.25, 0.3) is 0 Å². The van der Waals surface area contributed by atoms with Gasteiger partial charge in [-0.1, -0.05) is 30.3 Å². The molecule has 0 saturated carbocycles. The molecule has 0 radical (unpaired) electrons. The Hall–Kier alpha value is -1.57. The van der Waals surface area contributed by atoms with Gasteiger partial charge in [-0.25, -0.2) is 0 Å². The first-order valence-corrected chi connectivity index (χ1v) is 5.71. The van der Waals surface area contributed by atoms with Gasteiger partial charge >= 0.3 is 0 Å². The molecule has 1 aliphatic rings. The summed E-state index contributed by atoms with van der Waals surface area (Å²) in [6.07, 6.45) is 2.85. The van der Waals surface area contributed by atoms with Crippen molar-refractivity contribution in [2.75, 3.05) is 6.54 Å². The van der Waals surface area contributed by atoms with E-state index in [4.69, 9.17) is 0 Å². The smallest absolute Gasteiger partial charge is 0.249 e. The Bertz CT molecular complexity index is 434. The zero-order chi connectivity index (χ0) is 11.5. The number of hydrogen-bond acceptors (Lipinski definition) is 1. The standard InChI is InChI=1S/C14H17NO/c1-3-11(2)14(16)15-9-8-12-6-4-5-7-13(12)10-15/h3-7H,8-10H2,1-2H3/b11-3+. The van der Waals surface area contributed by atoms with Gasteiger partial charge in [-0.2, -0.15) is 0 Å². The number of benzene rings is 1. The van der Waals surface area contributed by atoms with Crippen LogP contribution in [0.2, 0.25) is 0 Å². The Morgan fingerprint density at radius 3 is 2.69 bits per heavy atom. The van der Waals surface area contributed by atoms with E-state index in [0.29, 0.717) is 0 Å². The van der Waals surface area contributed by atoms with Crippen molar-refractivity contribution in [3.05, 3.63) is 47.0 Å². The molecule has 0 atom stereocenters.